The molecule has 0 aliphatic carbocycles. The quantitative estimate of drug-likeness (QED) is 0.627. The van der Waals surface area contributed by atoms with Crippen LogP contribution in [0, 0.1) is 12.8 Å². The van der Waals surface area contributed by atoms with Crippen LogP contribution < -0.4 is 0 Å². The minimum atomic E-state index is -0.180. The molecule has 2 aromatic rings. The Morgan fingerprint density at radius 2 is 1.64 bits per heavy atom. The van der Waals surface area contributed by atoms with Gasteiger partial charge in [0.1, 0.15) is 5.70 Å². The van der Waals surface area contributed by atoms with E-state index in [1.54, 1.807) is 0 Å². The van der Waals surface area contributed by atoms with Crippen LogP contribution in [-0.2, 0) is 20.7 Å². The summed E-state index contributed by atoms with van der Waals surface area (Å²) in [5, 5.41) is 0. The second-order valence-corrected chi connectivity index (χ2v) is 9.57. The summed E-state index contributed by atoms with van der Waals surface area (Å²) in [5.74, 6) is 0.260. The second-order valence-electron chi connectivity index (χ2n) is 9.57. The SMILES string of the molecule is Cc1ccc(C2=C(N3CCC(Cc4ccccc4)CC3)C(=O)N(CC3CCCO3)C2=O)cc1. The Balaban J connectivity index is 1.37. The lowest BCUT2D eigenvalue weighted by molar-refractivity contribution is -0.139. The fourth-order valence-corrected chi connectivity index (χ4v) is 5.30. The van der Waals surface area contributed by atoms with Gasteiger partial charge in [-0.15, -0.1) is 0 Å². The molecular weight excluding hydrogens is 412 g/mol. The Morgan fingerprint density at radius 1 is 0.909 bits per heavy atom. The van der Waals surface area contributed by atoms with Crippen LogP contribution in [0.2, 0.25) is 0 Å². The van der Waals surface area contributed by atoms with Crippen LogP contribution in [0.4, 0.5) is 0 Å². The molecule has 3 heterocycles. The molecule has 0 saturated carbocycles. The van der Waals surface area contributed by atoms with Gasteiger partial charge in [-0.3, -0.25) is 14.5 Å². The summed E-state index contributed by atoms with van der Waals surface area (Å²) < 4.78 is 5.74. The number of likely N-dealkylation sites (tertiary alicyclic amines) is 1. The van der Waals surface area contributed by atoms with Gasteiger partial charge in [0.15, 0.2) is 0 Å². The number of hydrogen-bond acceptors (Lipinski definition) is 4. The highest BCUT2D eigenvalue weighted by Gasteiger charge is 2.43. The molecule has 2 fully saturated rings. The number of carbonyl (C=O) groups excluding carboxylic acids is 2. The van der Waals surface area contributed by atoms with E-state index in [0.717, 1.165) is 56.3 Å². The number of piperidine rings is 1. The van der Waals surface area contributed by atoms with E-state index in [4.69, 9.17) is 4.74 Å². The van der Waals surface area contributed by atoms with Gasteiger partial charge >= 0.3 is 0 Å². The third-order valence-corrected chi connectivity index (χ3v) is 7.19. The molecular formula is C28H32N2O3. The number of imide groups is 1. The first-order valence-corrected chi connectivity index (χ1v) is 12.2. The number of carbonyl (C=O) groups is 2. The Kier molecular flexibility index (Phi) is 6.32. The molecule has 0 spiro atoms. The number of aryl methyl sites for hydroxylation is 1. The Labute approximate surface area is 196 Å². The maximum absolute atomic E-state index is 13.6. The van der Waals surface area contributed by atoms with Gasteiger partial charge in [0.05, 0.1) is 18.2 Å². The molecule has 3 aliphatic rings. The maximum atomic E-state index is 13.6. The first kappa shape index (κ1) is 21.9. The molecule has 0 bridgehead atoms. The van der Waals surface area contributed by atoms with E-state index in [1.165, 1.54) is 10.5 Å². The predicted octanol–water partition coefficient (Wildman–Crippen LogP) is 4.21. The highest BCUT2D eigenvalue weighted by Crippen LogP contribution is 2.35. The molecule has 2 aromatic carbocycles. The minimum Gasteiger partial charge on any atom is -0.376 e. The molecule has 1 atom stereocenters. The van der Waals surface area contributed by atoms with Crippen LogP contribution in [0.15, 0.2) is 60.3 Å². The number of ether oxygens (including phenoxy) is 1. The van der Waals surface area contributed by atoms with Crippen molar-refractivity contribution in [2.75, 3.05) is 26.2 Å². The van der Waals surface area contributed by atoms with Gasteiger partial charge in [0.2, 0.25) is 0 Å². The summed E-state index contributed by atoms with van der Waals surface area (Å²) in [6.45, 7) is 4.69. The number of amides is 2. The lowest BCUT2D eigenvalue weighted by atomic mass is 9.89. The Hall–Kier alpha value is -2.92. The van der Waals surface area contributed by atoms with Crippen LogP contribution in [0.5, 0.6) is 0 Å². The molecule has 3 aliphatic heterocycles. The Morgan fingerprint density at radius 3 is 2.30 bits per heavy atom. The highest BCUT2D eigenvalue weighted by molar-refractivity contribution is 6.35. The third kappa shape index (κ3) is 4.60. The van der Waals surface area contributed by atoms with Gasteiger partial charge in [-0.2, -0.15) is 0 Å². The van der Waals surface area contributed by atoms with Crippen LogP contribution in [-0.4, -0.2) is 54.0 Å². The summed E-state index contributed by atoms with van der Waals surface area (Å²) >= 11 is 0. The van der Waals surface area contributed by atoms with Crippen molar-refractivity contribution in [2.24, 2.45) is 5.92 Å². The van der Waals surface area contributed by atoms with Crippen LogP contribution in [0.25, 0.3) is 5.57 Å². The molecule has 172 valence electrons. The lowest BCUT2D eigenvalue weighted by Gasteiger charge is -2.34. The van der Waals surface area contributed by atoms with E-state index >= 15 is 0 Å². The molecule has 0 N–H and O–H groups in total. The third-order valence-electron chi connectivity index (χ3n) is 7.19. The largest absolute Gasteiger partial charge is 0.376 e. The van der Waals surface area contributed by atoms with Crippen LogP contribution >= 0.6 is 0 Å². The summed E-state index contributed by atoms with van der Waals surface area (Å²) in [7, 11) is 0. The van der Waals surface area contributed by atoms with Gasteiger partial charge in [-0.05, 0) is 56.1 Å². The molecule has 33 heavy (non-hydrogen) atoms. The van der Waals surface area contributed by atoms with Crippen molar-refractivity contribution in [3.63, 3.8) is 0 Å². The fraction of sp³-hybridized carbons (Fsp3) is 0.429. The van der Waals surface area contributed by atoms with Crippen molar-refractivity contribution < 1.29 is 14.3 Å². The van der Waals surface area contributed by atoms with Crippen LogP contribution in [0.1, 0.15) is 42.4 Å². The summed E-state index contributed by atoms with van der Waals surface area (Å²) in [4.78, 5) is 30.7. The average Bonchev–Trinajstić information content (AvgIpc) is 3.43. The number of hydrogen-bond donors (Lipinski definition) is 0. The van der Waals surface area contributed by atoms with E-state index < -0.39 is 0 Å². The summed E-state index contributed by atoms with van der Waals surface area (Å²) in [6, 6.07) is 18.6. The fourth-order valence-electron chi connectivity index (χ4n) is 5.30. The number of rotatable bonds is 6. The molecule has 5 nitrogen and oxygen atoms in total. The van der Waals surface area contributed by atoms with Crippen molar-refractivity contribution in [1.29, 1.82) is 0 Å². The second kappa shape index (κ2) is 9.52. The first-order chi connectivity index (χ1) is 16.1. The van der Waals surface area contributed by atoms with Crippen molar-refractivity contribution >= 4 is 17.4 Å². The zero-order valence-electron chi connectivity index (χ0n) is 19.3. The monoisotopic (exact) mass is 444 g/mol. The first-order valence-electron chi connectivity index (χ1n) is 12.2. The van der Waals surface area contributed by atoms with E-state index in [2.05, 4.69) is 35.2 Å². The Bertz CT molecular complexity index is 1030. The van der Waals surface area contributed by atoms with E-state index in [-0.39, 0.29) is 17.9 Å². The zero-order chi connectivity index (χ0) is 22.8. The highest BCUT2D eigenvalue weighted by atomic mass is 16.5. The minimum absolute atomic E-state index is 0.0480. The molecule has 2 saturated heterocycles. The predicted molar refractivity (Wildman–Crippen MR) is 128 cm³/mol. The lowest BCUT2D eigenvalue weighted by Crippen LogP contribution is -2.41. The van der Waals surface area contributed by atoms with Crippen molar-refractivity contribution in [3.05, 3.63) is 77.0 Å². The van der Waals surface area contributed by atoms with E-state index in [9.17, 15) is 9.59 Å². The van der Waals surface area contributed by atoms with Gasteiger partial charge in [0.25, 0.3) is 11.8 Å². The van der Waals surface area contributed by atoms with Gasteiger partial charge in [-0.25, -0.2) is 0 Å². The van der Waals surface area contributed by atoms with Crippen molar-refractivity contribution in [2.45, 2.75) is 45.1 Å². The van der Waals surface area contributed by atoms with Gasteiger partial charge in [0, 0.05) is 19.7 Å². The van der Waals surface area contributed by atoms with Gasteiger partial charge < -0.3 is 9.64 Å². The molecule has 2 amide bonds. The molecule has 0 radical (unpaired) electrons. The topological polar surface area (TPSA) is 49.9 Å². The standard InChI is InChI=1S/C28H32N2O3/c1-20-9-11-23(12-10-20)25-26(28(32)30(27(25)31)19-24-8-5-17-33-24)29-15-13-22(14-16-29)18-21-6-3-2-4-7-21/h2-4,6-7,9-12,22,24H,5,8,13-19H2,1H3. The zero-order valence-corrected chi connectivity index (χ0v) is 19.3. The molecule has 1 unspecified atom stereocenters. The smallest absolute Gasteiger partial charge is 0.277 e. The number of nitrogens with zero attached hydrogens (tertiary/aromatic N) is 2. The molecule has 0 aromatic heterocycles. The van der Waals surface area contributed by atoms with Gasteiger partial charge in [-0.1, -0.05) is 60.2 Å². The molecule has 5 heteroatoms. The van der Waals surface area contributed by atoms with Crippen LogP contribution in [0.3, 0.4) is 0 Å². The summed E-state index contributed by atoms with van der Waals surface area (Å²) in [6.07, 6.45) is 4.95. The maximum Gasteiger partial charge on any atom is 0.277 e. The van der Waals surface area contributed by atoms with Crippen molar-refractivity contribution in [1.82, 2.24) is 9.80 Å². The normalized spacial score (nSPS) is 22.0. The molecule has 5 rings (SSSR count). The van der Waals surface area contributed by atoms with Crippen molar-refractivity contribution in [3.8, 4) is 0 Å². The average molecular weight is 445 g/mol. The number of benzene rings is 2. The van der Waals surface area contributed by atoms with E-state index in [1.807, 2.05) is 31.2 Å². The van der Waals surface area contributed by atoms with E-state index in [0.29, 0.717) is 30.3 Å². The summed E-state index contributed by atoms with van der Waals surface area (Å²) in [5.41, 5.74) is 4.47.